The molecule has 1 aromatic rings. The second-order valence-electron chi connectivity index (χ2n) is 5.41. The molecule has 1 aliphatic heterocycles. The first-order chi connectivity index (χ1) is 8.54. The molecular weight excluding hydrogens is 246 g/mol. The average Bonchev–Trinajstić information content (AvgIpc) is 2.28. The lowest BCUT2D eigenvalue weighted by molar-refractivity contribution is 0.0843. The Bertz CT molecular complexity index is 377. The fourth-order valence-corrected chi connectivity index (χ4v) is 2.75. The molecule has 0 spiro atoms. The van der Waals surface area contributed by atoms with Crippen LogP contribution < -0.4 is 4.74 Å². The number of likely N-dealkylation sites (tertiary alicyclic amines) is 1. The van der Waals surface area contributed by atoms with Crippen molar-refractivity contribution in [3.05, 3.63) is 28.8 Å². The summed E-state index contributed by atoms with van der Waals surface area (Å²) in [5.41, 5.74) is 1.15. The molecule has 0 amide bonds. The summed E-state index contributed by atoms with van der Waals surface area (Å²) in [5, 5.41) is 0.754. The van der Waals surface area contributed by atoms with E-state index in [0.29, 0.717) is 12.1 Å². The topological polar surface area (TPSA) is 12.5 Å². The molecule has 0 unspecified atom stereocenters. The monoisotopic (exact) mass is 267 g/mol. The zero-order valence-electron chi connectivity index (χ0n) is 11.4. The molecule has 0 aliphatic carbocycles. The van der Waals surface area contributed by atoms with Gasteiger partial charge in [0.15, 0.2) is 0 Å². The van der Waals surface area contributed by atoms with Crippen molar-refractivity contribution in [2.45, 2.75) is 45.8 Å². The quantitative estimate of drug-likeness (QED) is 0.824. The normalized spacial score (nSPS) is 18.3. The van der Waals surface area contributed by atoms with E-state index in [0.717, 1.165) is 42.3 Å². The van der Waals surface area contributed by atoms with Crippen molar-refractivity contribution in [1.82, 2.24) is 4.90 Å². The second-order valence-corrected chi connectivity index (χ2v) is 5.85. The van der Waals surface area contributed by atoms with Crippen molar-refractivity contribution >= 4 is 11.6 Å². The Morgan fingerprint density at radius 3 is 2.44 bits per heavy atom. The van der Waals surface area contributed by atoms with Crippen molar-refractivity contribution in [2.75, 3.05) is 13.1 Å². The average molecular weight is 268 g/mol. The minimum absolute atomic E-state index is 0.331. The lowest BCUT2D eigenvalue weighted by atomic mass is 10.1. The highest BCUT2D eigenvalue weighted by atomic mass is 35.5. The van der Waals surface area contributed by atoms with Crippen molar-refractivity contribution in [3.8, 4) is 5.75 Å². The number of aryl methyl sites for hydroxylation is 1. The number of nitrogens with zero attached hydrogens (tertiary/aromatic N) is 1. The highest BCUT2D eigenvalue weighted by Gasteiger charge is 2.22. The van der Waals surface area contributed by atoms with Crippen molar-refractivity contribution in [1.29, 1.82) is 0 Å². The molecule has 0 N–H and O–H groups in total. The molecule has 0 saturated carbocycles. The Balaban J connectivity index is 1.91. The SMILES string of the molecule is Cc1cc(Cl)cc(OC2CCN(C(C)C)CC2)c1. The van der Waals surface area contributed by atoms with E-state index in [1.54, 1.807) is 0 Å². The van der Waals surface area contributed by atoms with Gasteiger partial charge < -0.3 is 9.64 Å². The van der Waals surface area contributed by atoms with E-state index in [-0.39, 0.29) is 0 Å². The zero-order chi connectivity index (χ0) is 13.1. The van der Waals surface area contributed by atoms with E-state index < -0.39 is 0 Å². The first-order valence-corrected chi connectivity index (χ1v) is 7.10. The number of piperidine rings is 1. The van der Waals surface area contributed by atoms with Crippen LogP contribution in [0.1, 0.15) is 32.3 Å². The molecule has 2 rings (SSSR count). The van der Waals surface area contributed by atoms with Gasteiger partial charge >= 0.3 is 0 Å². The van der Waals surface area contributed by atoms with Crippen molar-refractivity contribution in [3.63, 3.8) is 0 Å². The van der Waals surface area contributed by atoms with Gasteiger partial charge in [0.1, 0.15) is 11.9 Å². The van der Waals surface area contributed by atoms with Crippen LogP contribution >= 0.6 is 11.6 Å². The van der Waals surface area contributed by atoms with Gasteiger partial charge in [0.05, 0.1) is 0 Å². The van der Waals surface area contributed by atoms with E-state index in [2.05, 4.69) is 24.8 Å². The minimum Gasteiger partial charge on any atom is -0.490 e. The summed E-state index contributed by atoms with van der Waals surface area (Å²) in [6.07, 6.45) is 2.53. The fraction of sp³-hybridized carbons (Fsp3) is 0.600. The van der Waals surface area contributed by atoms with Gasteiger partial charge in [-0.2, -0.15) is 0 Å². The van der Waals surface area contributed by atoms with Crippen LogP contribution in [0, 0.1) is 6.92 Å². The lowest BCUT2D eigenvalue weighted by Gasteiger charge is -2.34. The zero-order valence-corrected chi connectivity index (χ0v) is 12.2. The third kappa shape index (κ3) is 3.63. The molecule has 1 aliphatic rings. The fourth-order valence-electron chi connectivity index (χ4n) is 2.47. The van der Waals surface area contributed by atoms with Crippen LogP contribution in [0.15, 0.2) is 18.2 Å². The molecule has 0 atom stereocenters. The maximum Gasteiger partial charge on any atom is 0.121 e. The predicted octanol–water partition coefficient (Wildman–Crippen LogP) is 3.90. The summed E-state index contributed by atoms with van der Waals surface area (Å²) in [6.45, 7) is 8.80. The molecule has 0 radical (unpaired) electrons. The Kier molecular flexibility index (Phi) is 4.52. The minimum atomic E-state index is 0.331. The summed E-state index contributed by atoms with van der Waals surface area (Å²) in [4.78, 5) is 2.50. The van der Waals surface area contributed by atoms with Gasteiger partial charge in [-0.1, -0.05) is 11.6 Å². The number of halogens is 1. The van der Waals surface area contributed by atoms with Gasteiger partial charge in [0.25, 0.3) is 0 Å². The second kappa shape index (κ2) is 5.94. The summed E-state index contributed by atoms with van der Waals surface area (Å²) in [6, 6.07) is 6.55. The number of benzene rings is 1. The molecule has 1 fully saturated rings. The van der Waals surface area contributed by atoms with Crippen LogP contribution in [-0.2, 0) is 0 Å². The van der Waals surface area contributed by atoms with Crippen LogP contribution in [0.5, 0.6) is 5.75 Å². The smallest absolute Gasteiger partial charge is 0.121 e. The van der Waals surface area contributed by atoms with Gasteiger partial charge in [-0.05, 0) is 57.4 Å². The molecule has 18 heavy (non-hydrogen) atoms. The third-order valence-electron chi connectivity index (χ3n) is 3.53. The third-order valence-corrected chi connectivity index (χ3v) is 3.74. The molecule has 2 nitrogen and oxygen atoms in total. The van der Waals surface area contributed by atoms with E-state index in [1.807, 2.05) is 19.1 Å². The summed E-state index contributed by atoms with van der Waals surface area (Å²) >= 11 is 6.04. The molecule has 1 aromatic carbocycles. The van der Waals surface area contributed by atoms with Crippen LogP contribution in [0.25, 0.3) is 0 Å². The Morgan fingerprint density at radius 1 is 1.22 bits per heavy atom. The highest BCUT2D eigenvalue weighted by molar-refractivity contribution is 6.30. The number of hydrogen-bond acceptors (Lipinski definition) is 2. The number of hydrogen-bond donors (Lipinski definition) is 0. The van der Waals surface area contributed by atoms with Gasteiger partial charge in [-0.25, -0.2) is 0 Å². The molecular formula is C15H22ClNO. The predicted molar refractivity (Wildman–Crippen MR) is 76.5 cm³/mol. The first kappa shape index (κ1) is 13.7. The molecule has 1 saturated heterocycles. The van der Waals surface area contributed by atoms with Crippen LogP contribution in [-0.4, -0.2) is 30.1 Å². The Hall–Kier alpha value is -0.730. The largest absolute Gasteiger partial charge is 0.490 e. The lowest BCUT2D eigenvalue weighted by Crippen LogP contribution is -2.41. The number of ether oxygens (including phenoxy) is 1. The van der Waals surface area contributed by atoms with Crippen LogP contribution in [0.3, 0.4) is 0 Å². The van der Waals surface area contributed by atoms with Crippen molar-refractivity contribution in [2.24, 2.45) is 0 Å². The molecule has 0 bridgehead atoms. The summed E-state index contributed by atoms with van der Waals surface area (Å²) < 4.78 is 6.03. The van der Waals surface area contributed by atoms with Crippen LogP contribution in [0.2, 0.25) is 5.02 Å². The van der Waals surface area contributed by atoms with Crippen LogP contribution in [0.4, 0.5) is 0 Å². The maximum absolute atomic E-state index is 6.04. The highest BCUT2D eigenvalue weighted by Crippen LogP contribution is 2.24. The van der Waals surface area contributed by atoms with Crippen molar-refractivity contribution < 1.29 is 4.74 Å². The summed E-state index contributed by atoms with van der Waals surface area (Å²) in [5.74, 6) is 0.906. The first-order valence-electron chi connectivity index (χ1n) is 6.72. The summed E-state index contributed by atoms with van der Waals surface area (Å²) in [7, 11) is 0. The van der Waals surface area contributed by atoms with Gasteiger partial charge in [0, 0.05) is 24.2 Å². The molecule has 0 aromatic heterocycles. The Morgan fingerprint density at radius 2 is 1.89 bits per heavy atom. The number of rotatable bonds is 3. The standard InChI is InChI=1S/C15H22ClNO/c1-11(2)17-6-4-14(5-7-17)18-15-9-12(3)8-13(16)10-15/h8-11,14H,4-7H2,1-3H3. The van der Waals surface area contributed by atoms with E-state index in [9.17, 15) is 0 Å². The van der Waals surface area contributed by atoms with E-state index >= 15 is 0 Å². The molecule has 100 valence electrons. The van der Waals surface area contributed by atoms with E-state index in [4.69, 9.17) is 16.3 Å². The van der Waals surface area contributed by atoms with E-state index in [1.165, 1.54) is 0 Å². The molecule has 1 heterocycles. The Labute approximate surface area is 115 Å². The molecule has 3 heteroatoms. The van der Waals surface area contributed by atoms with Gasteiger partial charge in [-0.3, -0.25) is 0 Å². The maximum atomic E-state index is 6.04. The van der Waals surface area contributed by atoms with Gasteiger partial charge in [0.2, 0.25) is 0 Å². The van der Waals surface area contributed by atoms with Gasteiger partial charge in [-0.15, -0.1) is 0 Å².